The van der Waals surface area contributed by atoms with Crippen LogP contribution in [0.15, 0.2) is 42.5 Å². The van der Waals surface area contributed by atoms with Gasteiger partial charge in [-0.25, -0.2) is 4.39 Å². The van der Waals surface area contributed by atoms with Gasteiger partial charge in [-0.05, 0) is 68.7 Å². The largest absolute Gasteiger partial charge is 0.484 e. The standard InChI is InChI=1S/C23H28ClFN2O3/c1-5-21(23(29)26-15(2)3)27(13-17-6-8-18(25)9-7-17)22(28)14-30-19-10-11-20(24)16(4)12-19/h6-12,15,21H,5,13-14H2,1-4H3,(H,26,29)/t21-/m1/s1. The van der Waals surface area contributed by atoms with E-state index in [9.17, 15) is 14.0 Å². The lowest BCUT2D eigenvalue weighted by Crippen LogP contribution is -2.51. The molecule has 0 heterocycles. The Bertz CT molecular complexity index is 871. The number of benzene rings is 2. The van der Waals surface area contributed by atoms with Crippen molar-refractivity contribution in [1.29, 1.82) is 0 Å². The van der Waals surface area contributed by atoms with Gasteiger partial charge in [0.15, 0.2) is 6.61 Å². The predicted molar refractivity (Wildman–Crippen MR) is 116 cm³/mol. The predicted octanol–water partition coefficient (Wildman–Crippen LogP) is 4.50. The highest BCUT2D eigenvalue weighted by Gasteiger charge is 2.29. The van der Waals surface area contributed by atoms with Crippen LogP contribution in [-0.2, 0) is 16.1 Å². The van der Waals surface area contributed by atoms with E-state index in [1.165, 1.54) is 17.0 Å². The Morgan fingerprint density at radius 1 is 1.17 bits per heavy atom. The Hall–Kier alpha value is -2.60. The van der Waals surface area contributed by atoms with Crippen LogP contribution >= 0.6 is 11.6 Å². The molecule has 0 unspecified atom stereocenters. The van der Waals surface area contributed by atoms with Gasteiger partial charge in [0.05, 0.1) is 0 Å². The molecule has 162 valence electrons. The number of aryl methyl sites for hydroxylation is 1. The smallest absolute Gasteiger partial charge is 0.261 e. The van der Waals surface area contributed by atoms with Gasteiger partial charge in [-0.1, -0.05) is 30.7 Å². The minimum atomic E-state index is -0.666. The van der Waals surface area contributed by atoms with Crippen molar-refractivity contribution in [1.82, 2.24) is 10.2 Å². The van der Waals surface area contributed by atoms with Gasteiger partial charge in [0.2, 0.25) is 5.91 Å². The molecule has 0 aliphatic carbocycles. The van der Waals surface area contributed by atoms with E-state index in [1.54, 1.807) is 30.3 Å². The van der Waals surface area contributed by atoms with Crippen molar-refractivity contribution in [3.63, 3.8) is 0 Å². The number of nitrogens with zero attached hydrogens (tertiary/aromatic N) is 1. The first-order chi connectivity index (χ1) is 14.2. The minimum absolute atomic E-state index is 0.0531. The maximum atomic E-state index is 13.3. The summed E-state index contributed by atoms with van der Waals surface area (Å²) in [7, 11) is 0. The van der Waals surface area contributed by atoms with Crippen LogP contribution in [0.5, 0.6) is 5.75 Å². The molecule has 5 nitrogen and oxygen atoms in total. The zero-order chi connectivity index (χ0) is 22.3. The van der Waals surface area contributed by atoms with Crippen LogP contribution in [0.2, 0.25) is 5.02 Å². The molecule has 0 aromatic heterocycles. The highest BCUT2D eigenvalue weighted by Crippen LogP contribution is 2.21. The van der Waals surface area contributed by atoms with Gasteiger partial charge < -0.3 is 15.0 Å². The third kappa shape index (κ3) is 6.73. The van der Waals surface area contributed by atoms with Gasteiger partial charge in [0, 0.05) is 17.6 Å². The molecular weight excluding hydrogens is 407 g/mol. The number of amides is 2. The number of carbonyl (C=O) groups excluding carboxylic acids is 2. The Labute approximate surface area is 182 Å². The molecular formula is C23H28ClFN2O3. The summed E-state index contributed by atoms with van der Waals surface area (Å²) in [5.41, 5.74) is 1.57. The molecule has 2 aromatic carbocycles. The summed E-state index contributed by atoms with van der Waals surface area (Å²) in [5.74, 6) is -0.405. The summed E-state index contributed by atoms with van der Waals surface area (Å²) in [6, 6.07) is 10.3. The van der Waals surface area contributed by atoms with Crippen molar-refractivity contribution in [3.05, 3.63) is 64.4 Å². The van der Waals surface area contributed by atoms with E-state index < -0.39 is 6.04 Å². The average molecular weight is 435 g/mol. The number of nitrogens with one attached hydrogen (secondary N) is 1. The molecule has 2 amide bonds. The van der Waals surface area contributed by atoms with E-state index in [4.69, 9.17) is 16.3 Å². The molecule has 1 N–H and O–H groups in total. The maximum Gasteiger partial charge on any atom is 0.261 e. The van der Waals surface area contributed by atoms with Crippen molar-refractivity contribution in [2.75, 3.05) is 6.61 Å². The summed E-state index contributed by atoms with van der Waals surface area (Å²) in [5, 5.41) is 3.48. The van der Waals surface area contributed by atoms with Crippen LogP contribution in [0.4, 0.5) is 4.39 Å². The minimum Gasteiger partial charge on any atom is -0.484 e. The van der Waals surface area contributed by atoms with Crippen molar-refractivity contribution >= 4 is 23.4 Å². The second kappa shape index (κ2) is 11.0. The summed E-state index contributed by atoms with van der Waals surface area (Å²) >= 11 is 6.03. The number of ether oxygens (including phenoxy) is 1. The first-order valence-corrected chi connectivity index (χ1v) is 10.3. The van der Waals surface area contributed by atoms with E-state index in [2.05, 4.69) is 5.32 Å². The lowest BCUT2D eigenvalue weighted by molar-refractivity contribution is -0.143. The topological polar surface area (TPSA) is 58.6 Å². The van der Waals surface area contributed by atoms with E-state index in [1.807, 2.05) is 27.7 Å². The Kier molecular flexibility index (Phi) is 8.66. The lowest BCUT2D eigenvalue weighted by atomic mass is 10.1. The summed E-state index contributed by atoms with van der Waals surface area (Å²) in [4.78, 5) is 27.2. The van der Waals surface area contributed by atoms with Gasteiger partial charge in [-0.3, -0.25) is 9.59 Å². The molecule has 0 saturated carbocycles. The van der Waals surface area contributed by atoms with Gasteiger partial charge in [0.1, 0.15) is 17.6 Å². The normalized spacial score (nSPS) is 11.8. The van der Waals surface area contributed by atoms with E-state index >= 15 is 0 Å². The summed E-state index contributed by atoms with van der Waals surface area (Å²) in [6.07, 6.45) is 0.436. The Morgan fingerprint density at radius 3 is 2.40 bits per heavy atom. The second-order valence-electron chi connectivity index (χ2n) is 7.44. The zero-order valence-electron chi connectivity index (χ0n) is 17.7. The summed E-state index contributed by atoms with van der Waals surface area (Å²) < 4.78 is 18.9. The van der Waals surface area contributed by atoms with Crippen molar-refractivity contribution in [2.45, 2.75) is 52.7 Å². The number of hydrogen-bond donors (Lipinski definition) is 1. The van der Waals surface area contributed by atoms with Crippen LogP contribution in [0.1, 0.15) is 38.3 Å². The average Bonchev–Trinajstić information content (AvgIpc) is 2.69. The maximum absolute atomic E-state index is 13.3. The van der Waals surface area contributed by atoms with Gasteiger partial charge in [-0.2, -0.15) is 0 Å². The van der Waals surface area contributed by atoms with Gasteiger partial charge in [0.25, 0.3) is 5.91 Å². The molecule has 0 radical (unpaired) electrons. The summed E-state index contributed by atoms with van der Waals surface area (Å²) in [6.45, 7) is 7.37. The fourth-order valence-corrected chi connectivity index (χ4v) is 3.14. The highest BCUT2D eigenvalue weighted by atomic mass is 35.5. The zero-order valence-corrected chi connectivity index (χ0v) is 18.5. The number of rotatable bonds is 9. The number of carbonyl (C=O) groups is 2. The van der Waals surface area contributed by atoms with E-state index in [-0.39, 0.29) is 36.8 Å². The fraction of sp³-hybridized carbons (Fsp3) is 0.391. The van der Waals surface area contributed by atoms with Crippen LogP contribution in [0, 0.1) is 12.7 Å². The number of halogens is 2. The lowest BCUT2D eigenvalue weighted by Gasteiger charge is -2.31. The molecule has 0 bridgehead atoms. The third-order valence-corrected chi connectivity index (χ3v) is 5.00. The molecule has 30 heavy (non-hydrogen) atoms. The second-order valence-corrected chi connectivity index (χ2v) is 7.84. The van der Waals surface area contributed by atoms with Crippen LogP contribution in [0.25, 0.3) is 0 Å². The van der Waals surface area contributed by atoms with E-state index in [0.29, 0.717) is 17.2 Å². The molecule has 0 aliphatic heterocycles. The van der Waals surface area contributed by atoms with Crippen LogP contribution < -0.4 is 10.1 Å². The molecule has 2 aromatic rings. The van der Waals surface area contributed by atoms with Crippen molar-refractivity contribution in [2.24, 2.45) is 0 Å². The van der Waals surface area contributed by atoms with Crippen molar-refractivity contribution in [3.8, 4) is 5.75 Å². The van der Waals surface area contributed by atoms with Gasteiger partial charge >= 0.3 is 0 Å². The first-order valence-electron chi connectivity index (χ1n) is 9.94. The molecule has 7 heteroatoms. The third-order valence-electron chi connectivity index (χ3n) is 4.57. The number of hydrogen-bond acceptors (Lipinski definition) is 3. The Balaban J connectivity index is 2.21. The SMILES string of the molecule is CC[C@H](C(=O)NC(C)C)N(Cc1ccc(F)cc1)C(=O)COc1ccc(Cl)c(C)c1. The van der Waals surface area contributed by atoms with Gasteiger partial charge in [-0.15, -0.1) is 0 Å². The molecule has 1 atom stereocenters. The van der Waals surface area contributed by atoms with E-state index in [0.717, 1.165) is 11.1 Å². The quantitative estimate of drug-likeness (QED) is 0.632. The molecule has 0 saturated heterocycles. The molecule has 0 spiro atoms. The molecule has 0 aliphatic rings. The van der Waals surface area contributed by atoms with Crippen LogP contribution in [-0.4, -0.2) is 35.4 Å². The van der Waals surface area contributed by atoms with Crippen LogP contribution in [0.3, 0.4) is 0 Å². The molecule has 2 rings (SSSR count). The monoisotopic (exact) mass is 434 g/mol. The Morgan fingerprint density at radius 2 is 1.83 bits per heavy atom. The van der Waals surface area contributed by atoms with Crippen molar-refractivity contribution < 1.29 is 18.7 Å². The molecule has 0 fully saturated rings. The highest BCUT2D eigenvalue weighted by molar-refractivity contribution is 6.31. The fourth-order valence-electron chi connectivity index (χ4n) is 3.02. The first kappa shape index (κ1) is 23.7.